The minimum absolute atomic E-state index is 0.499. The third-order valence-corrected chi connectivity index (χ3v) is 12.1. The van der Waals surface area contributed by atoms with Gasteiger partial charge in [0.05, 0.1) is 5.41 Å². The summed E-state index contributed by atoms with van der Waals surface area (Å²) in [5.41, 5.74) is 18.0. The topological polar surface area (TPSA) is 16.4 Å². The van der Waals surface area contributed by atoms with Crippen molar-refractivity contribution in [2.24, 2.45) is 0 Å². The molecule has 2 heteroatoms. The van der Waals surface area contributed by atoms with Crippen LogP contribution in [-0.4, -0.2) is 0 Å². The van der Waals surface area contributed by atoms with Gasteiger partial charge in [0.1, 0.15) is 11.2 Å². The van der Waals surface area contributed by atoms with Gasteiger partial charge in [0.15, 0.2) is 0 Å². The quantitative estimate of drug-likeness (QED) is 0.162. The number of benzene rings is 9. The summed E-state index contributed by atoms with van der Waals surface area (Å²) in [4.78, 5) is 2.40. The fourth-order valence-corrected chi connectivity index (χ4v) is 9.33. The lowest BCUT2D eigenvalue weighted by Crippen LogP contribution is -2.28. The number of fused-ring (bicyclic) bond motifs is 6. The monoisotopic (exact) mass is 741 g/mol. The Bertz CT molecular complexity index is 3050. The summed E-state index contributed by atoms with van der Waals surface area (Å²) in [5, 5.41) is 2.27. The summed E-state index contributed by atoms with van der Waals surface area (Å²) >= 11 is 0. The van der Waals surface area contributed by atoms with E-state index in [1.165, 1.54) is 50.1 Å². The lowest BCUT2D eigenvalue weighted by molar-refractivity contribution is 0.670. The number of hydrogen-bond donors (Lipinski definition) is 0. The maximum Gasteiger partial charge on any atom is 0.143 e. The van der Waals surface area contributed by atoms with Crippen LogP contribution in [0.1, 0.15) is 27.8 Å². The number of aryl methyl sites for hydroxylation is 1. The lowest BCUT2D eigenvalue weighted by atomic mass is 9.67. The SMILES string of the molecule is Cc1ccc(-c2ccc(N(c3ccc(-c4cccc5c4oc4ccccc45)cc3)c3ccc4c(c3)C(c3ccccc3)(c3ccccc3)c3ccccc3-4)cc2)cc1. The summed E-state index contributed by atoms with van der Waals surface area (Å²) in [6.07, 6.45) is 0. The van der Waals surface area contributed by atoms with Gasteiger partial charge >= 0.3 is 0 Å². The molecule has 0 aliphatic heterocycles. The van der Waals surface area contributed by atoms with Gasteiger partial charge in [-0.25, -0.2) is 0 Å². The Balaban J connectivity index is 1.10. The van der Waals surface area contributed by atoms with E-state index in [9.17, 15) is 0 Å². The van der Waals surface area contributed by atoms with E-state index in [1.54, 1.807) is 0 Å². The van der Waals surface area contributed by atoms with Crippen LogP contribution in [0.2, 0.25) is 0 Å². The van der Waals surface area contributed by atoms with Gasteiger partial charge < -0.3 is 9.32 Å². The highest BCUT2D eigenvalue weighted by atomic mass is 16.3. The van der Waals surface area contributed by atoms with E-state index in [-0.39, 0.29) is 0 Å². The molecule has 0 fully saturated rings. The Morgan fingerprint density at radius 3 is 1.59 bits per heavy atom. The van der Waals surface area contributed by atoms with Crippen molar-refractivity contribution in [2.75, 3.05) is 4.90 Å². The zero-order valence-corrected chi connectivity index (χ0v) is 32.1. The molecule has 58 heavy (non-hydrogen) atoms. The normalized spacial score (nSPS) is 12.7. The second-order valence-electron chi connectivity index (χ2n) is 15.3. The van der Waals surface area contributed by atoms with Crippen molar-refractivity contribution in [3.63, 3.8) is 0 Å². The molecule has 0 amide bonds. The molecule has 1 aromatic heterocycles. The van der Waals surface area contributed by atoms with Crippen molar-refractivity contribution in [3.05, 3.63) is 246 Å². The third-order valence-electron chi connectivity index (χ3n) is 12.1. The highest BCUT2D eigenvalue weighted by Crippen LogP contribution is 2.57. The molecule has 0 spiro atoms. The molecule has 0 saturated heterocycles. The molecule has 0 unspecified atom stereocenters. The second kappa shape index (κ2) is 13.7. The fourth-order valence-electron chi connectivity index (χ4n) is 9.33. The molecule has 0 radical (unpaired) electrons. The molecule has 11 rings (SSSR count). The molecule has 274 valence electrons. The lowest BCUT2D eigenvalue weighted by Gasteiger charge is -2.35. The molecule has 0 saturated carbocycles. The maximum absolute atomic E-state index is 6.46. The maximum atomic E-state index is 6.46. The summed E-state index contributed by atoms with van der Waals surface area (Å²) in [7, 11) is 0. The van der Waals surface area contributed by atoms with Crippen LogP contribution in [0.3, 0.4) is 0 Å². The largest absolute Gasteiger partial charge is 0.455 e. The first-order valence-corrected chi connectivity index (χ1v) is 20.0. The summed E-state index contributed by atoms with van der Waals surface area (Å²) < 4.78 is 6.46. The van der Waals surface area contributed by atoms with Gasteiger partial charge in [0.2, 0.25) is 0 Å². The Morgan fingerprint density at radius 1 is 0.379 bits per heavy atom. The minimum atomic E-state index is -0.499. The van der Waals surface area contributed by atoms with Crippen LogP contribution in [-0.2, 0) is 5.41 Å². The van der Waals surface area contributed by atoms with Crippen LogP contribution in [0.4, 0.5) is 17.1 Å². The van der Waals surface area contributed by atoms with Crippen LogP contribution in [0.25, 0.3) is 55.3 Å². The van der Waals surface area contributed by atoms with Crippen molar-refractivity contribution >= 4 is 39.0 Å². The van der Waals surface area contributed by atoms with Crippen molar-refractivity contribution in [3.8, 4) is 33.4 Å². The summed E-state index contributed by atoms with van der Waals surface area (Å²) in [5.74, 6) is 0. The van der Waals surface area contributed by atoms with Gasteiger partial charge in [-0.15, -0.1) is 0 Å². The van der Waals surface area contributed by atoms with Gasteiger partial charge in [-0.05, 0) is 99.5 Å². The number of hydrogen-bond acceptors (Lipinski definition) is 2. The smallest absolute Gasteiger partial charge is 0.143 e. The van der Waals surface area contributed by atoms with E-state index >= 15 is 0 Å². The second-order valence-corrected chi connectivity index (χ2v) is 15.3. The molecule has 9 aromatic carbocycles. The van der Waals surface area contributed by atoms with Gasteiger partial charge in [0, 0.05) is 33.4 Å². The minimum Gasteiger partial charge on any atom is -0.455 e. The summed E-state index contributed by atoms with van der Waals surface area (Å²) in [6.45, 7) is 2.13. The van der Waals surface area contributed by atoms with E-state index in [0.29, 0.717) is 0 Å². The molecular weight excluding hydrogens is 703 g/mol. The average Bonchev–Trinajstić information content (AvgIpc) is 3.82. The van der Waals surface area contributed by atoms with Crippen molar-refractivity contribution in [1.29, 1.82) is 0 Å². The van der Waals surface area contributed by atoms with E-state index in [2.05, 4.69) is 218 Å². The Labute approximate surface area is 338 Å². The number of rotatable bonds is 7. The zero-order chi connectivity index (χ0) is 38.6. The van der Waals surface area contributed by atoms with E-state index in [1.807, 2.05) is 12.1 Å². The predicted octanol–water partition coefficient (Wildman–Crippen LogP) is 15.1. The standard InChI is InChI=1S/C56H39NO/c1-38-23-25-39(26-24-38)40-27-31-44(32-28-40)57(45-33-29-41(30-34-45)47-19-12-20-51-50-18-9-11-22-54(50)58-55(47)51)46-35-36-49-48-17-8-10-21-52(48)56(53(49)37-46,42-13-4-2-5-14-42)43-15-6-3-7-16-43/h2-37H,1H3. The highest BCUT2D eigenvalue weighted by Gasteiger charge is 2.46. The van der Waals surface area contributed by atoms with Crippen molar-refractivity contribution < 1.29 is 4.42 Å². The van der Waals surface area contributed by atoms with Crippen molar-refractivity contribution in [2.45, 2.75) is 12.3 Å². The molecule has 1 heterocycles. The molecule has 10 aromatic rings. The zero-order valence-electron chi connectivity index (χ0n) is 32.1. The molecule has 1 aliphatic rings. The van der Waals surface area contributed by atoms with Crippen molar-refractivity contribution in [1.82, 2.24) is 0 Å². The molecular formula is C56H39NO. The first-order chi connectivity index (χ1) is 28.7. The van der Waals surface area contributed by atoms with Gasteiger partial charge in [-0.1, -0.05) is 181 Å². The number of furan rings is 1. The molecule has 0 bridgehead atoms. The number of nitrogens with zero attached hydrogens (tertiary/aromatic N) is 1. The van der Waals surface area contributed by atoms with Gasteiger partial charge in [-0.2, -0.15) is 0 Å². The van der Waals surface area contributed by atoms with Crippen LogP contribution in [0, 0.1) is 6.92 Å². The highest BCUT2D eigenvalue weighted by molar-refractivity contribution is 6.09. The Morgan fingerprint density at radius 2 is 0.897 bits per heavy atom. The average molecular weight is 742 g/mol. The number of anilines is 3. The Hall–Kier alpha value is -7.42. The molecule has 0 N–H and O–H groups in total. The van der Waals surface area contributed by atoms with E-state index in [4.69, 9.17) is 4.42 Å². The summed E-state index contributed by atoms with van der Waals surface area (Å²) in [6, 6.07) is 79.5. The van der Waals surface area contributed by atoms with E-state index < -0.39 is 5.41 Å². The van der Waals surface area contributed by atoms with Gasteiger partial charge in [-0.3, -0.25) is 0 Å². The van der Waals surface area contributed by atoms with Gasteiger partial charge in [0.25, 0.3) is 0 Å². The predicted molar refractivity (Wildman–Crippen MR) is 241 cm³/mol. The molecule has 1 aliphatic carbocycles. The van der Waals surface area contributed by atoms with Crippen LogP contribution >= 0.6 is 0 Å². The first kappa shape index (κ1) is 33.9. The van der Waals surface area contributed by atoms with Crippen LogP contribution < -0.4 is 4.90 Å². The number of para-hydroxylation sites is 2. The van der Waals surface area contributed by atoms with Crippen LogP contribution in [0.15, 0.2) is 223 Å². The first-order valence-electron chi connectivity index (χ1n) is 20.0. The fraction of sp³-hybridized carbons (Fsp3) is 0.0357. The molecule has 0 atom stereocenters. The van der Waals surface area contributed by atoms with E-state index in [0.717, 1.165) is 50.1 Å². The molecule has 2 nitrogen and oxygen atoms in total. The Kier molecular flexibility index (Phi) is 7.97. The third kappa shape index (κ3) is 5.33. The van der Waals surface area contributed by atoms with Crippen LogP contribution in [0.5, 0.6) is 0 Å².